The van der Waals surface area contributed by atoms with Gasteiger partial charge in [0.05, 0.1) is 6.10 Å². The summed E-state index contributed by atoms with van der Waals surface area (Å²) in [4.78, 5) is 21.4. The third-order valence-electron chi connectivity index (χ3n) is 4.47. The molecule has 0 unspecified atom stereocenters. The number of ether oxygens (including phenoxy) is 1. The Bertz CT molecular complexity index is 743. The van der Waals surface area contributed by atoms with Crippen LogP contribution in [0.25, 0.3) is 0 Å². The maximum absolute atomic E-state index is 12.7. The number of carbonyl (C=O) groups excluding carboxylic acids is 1. The Morgan fingerprint density at radius 1 is 1.00 bits per heavy atom. The van der Waals surface area contributed by atoms with E-state index in [0.29, 0.717) is 5.56 Å². The van der Waals surface area contributed by atoms with Crippen LogP contribution in [0.3, 0.4) is 0 Å². The van der Waals surface area contributed by atoms with Crippen LogP contribution in [0.15, 0.2) is 36.4 Å². The van der Waals surface area contributed by atoms with Crippen molar-refractivity contribution in [3.05, 3.63) is 53.3 Å². The lowest BCUT2D eigenvalue weighted by atomic mass is 10.1. The number of amides is 1. The minimum Gasteiger partial charge on any atom is -0.491 e. The second-order valence-corrected chi connectivity index (χ2v) is 7.08. The van der Waals surface area contributed by atoms with Crippen molar-refractivity contribution >= 4 is 11.6 Å². The average molecular weight is 353 g/mol. The second kappa shape index (κ2) is 7.77. The van der Waals surface area contributed by atoms with Crippen molar-refractivity contribution in [2.45, 2.75) is 33.8 Å². The first-order chi connectivity index (χ1) is 12.4. The fourth-order valence-corrected chi connectivity index (χ4v) is 3.29. The van der Waals surface area contributed by atoms with Crippen LogP contribution in [0.4, 0.5) is 5.69 Å². The van der Waals surface area contributed by atoms with Crippen molar-refractivity contribution in [1.29, 1.82) is 0 Å². The number of rotatable bonds is 4. The Hall–Kier alpha value is -2.56. The van der Waals surface area contributed by atoms with E-state index in [1.165, 1.54) is 5.69 Å². The summed E-state index contributed by atoms with van der Waals surface area (Å²) in [6.07, 6.45) is 0.130. The summed E-state index contributed by atoms with van der Waals surface area (Å²) in [5, 5.41) is 0. The molecule has 2 heterocycles. The molecule has 1 aliphatic heterocycles. The molecule has 1 aromatic carbocycles. The number of nitrogens with zero attached hydrogens (tertiary/aromatic N) is 3. The van der Waals surface area contributed by atoms with Gasteiger partial charge in [0, 0.05) is 48.8 Å². The molecule has 0 saturated carbocycles. The Morgan fingerprint density at radius 3 is 2.12 bits per heavy atom. The predicted molar refractivity (Wildman–Crippen MR) is 104 cm³/mol. The number of benzene rings is 1. The molecule has 138 valence electrons. The highest BCUT2D eigenvalue weighted by Gasteiger charge is 2.22. The Balaban J connectivity index is 1.61. The number of piperazine rings is 1. The van der Waals surface area contributed by atoms with Crippen LogP contribution in [0.2, 0.25) is 0 Å². The first kappa shape index (κ1) is 18.2. The molecule has 5 nitrogen and oxygen atoms in total. The molecule has 0 radical (unpaired) electrons. The molecule has 0 aliphatic carbocycles. The molecule has 0 spiro atoms. The lowest BCUT2D eigenvalue weighted by molar-refractivity contribution is 0.0746. The standard InChI is InChI=1S/C21H27N3O2/c1-15(2)26-20-7-5-18(6-8-20)21(25)24-11-9-23(10-12-24)19-13-16(3)22-17(4)14-19/h5-8,13-15H,9-12H2,1-4H3. The maximum Gasteiger partial charge on any atom is 0.253 e. The van der Waals surface area contributed by atoms with Crippen molar-refractivity contribution in [3.63, 3.8) is 0 Å². The quantitative estimate of drug-likeness (QED) is 0.845. The van der Waals surface area contributed by atoms with E-state index < -0.39 is 0 Å². The molecule has 3 rings (SSSR count). The monoisotopic (exact) mass is 353 g/mol. The third-order valence-corrected chi connectivity index (χ3v) is 4.47. The normalized spacial score (nSPS) is 14.7. The first-order valence-corrected chi connectivity index (χ1v) is 9.18. The largest absolute Gasteiger partial charge is 0.491 e. The van der Waals surface area contributed by atoms with Gasteiger partial charge in [-0.15, -0.1) is 0 Å². The molecule has 1 amide bonds. The number of hydrogen-bond acceptors (Lipinski definition) is 4. The zero-order valence-electron chi connectivity index (χ0n) is 16.0. The van der Waals surface area contributed by atoms with E-state index in [1.54, 1.807) is 0 Å². The van der Waals surface area contributed by atoms with Gasteiger partial charge in [0.25, 0.3) is 5.91 Å². The Kier molecular flexibility index (Phi) is 5.45. The van der Waals surface area contributed by atoms with Crippen molar-refractivity contribution in [2.75, 3.05) is 31.1 Å². The van der Waals surface area contributed by atoms with Crippen LogP contribution in [-0.2, 0) is 0 Å². The molecule has 2 aromatic rings. The SMILES string of the molecule is Cc1cc(N2CCN(C(=O)c3ccc(OC(C)C)cc3)CC2)cc(C)n1. The van der Waals surface area contributed by atoms with Crippen molar-refractivity contribution in [3.8, 4) is 5.75 Å². The topological polar surface area (TPSA) is 45.7 Å². The smallest absolute Gasteiger partial charge is 0.253 e. The Labute approximate surface area is 155 Å². The third kappa shape index (κ3) is 4.34. The van der Waals surface area contributed by atoms with Gasteiger partial charge in [0.15, 0.2) is 0 Å². The minimum absolute atomic E-state index is 0.0860. The van der Waals surface area contributed by atoms with Gasteiger partial charge in [-0.1, -0.05) is 0 Å². The number of pyridine rings is 1. The van der Waals surface area contributed by atoms with E-state index in [4.69, 9.17) is 4.74 Å². The number of aromatic nitrogens is 1. The van der Waals surface area contributed by atoms with Crippen LogP contribution in [0.5, 0.6) is 5.75 Å². The number of aryl methyl sites for hydroxylation is 2. The van der Waals surface area contributed by atoms with E-state index in [1.807, 2.05) is 56.9 Å². The van der Waals surface area contributed by atoms with Crippen LogP contribution in [0, 0.1) is 13.8 Å². The van der Waals surface area contributed by atoms with E-state index in [2.05, 4.69) is 22.0 Å². The van der Waals surface area contributed by atoms with E-state index in [-0.39, 0.29) is 12.0 Å². The molecular formula is C21H27N3O2. The summed E-state index contributed by atoms with van der Waals surface area (Å²) in [6.45, 7) is 11.1. The van der Waals surface area contributed by atoms with Crippen molar-refractivity contribution in [1.82, 2.24) is 9.88 Å². The molecule has 0 bridgehead atoms. The molecule has 1 saturated heterocycles. The van der Waals surface area contributed by atoms with Crippen LogP contribution in [0.1, 0.15) is 35.6 Å². The number of hydrogen-bond donors (Lipinski definition) is 0. The van der Waals surface area contributed by atoms with E-state index in [0.717, 1.165) is 43.3 Å². The summed E-state index contributed by atoms with van der Waals surface area (Å²) in [7, 11) is 0. The van der Waals surface area contributed by atoms with Crippen molar-refractivity contribution < 1.29 is 9.53 Å². The van der Waals surface area contributed by atoms with E-state index >= 15 is 0 Å². The number of anilines is 1. The van der Waals surface area contributed by atoms with Crippen LogP contribution in [-0.4, -0.2) is 48.1 Å². The molecule has 0 N–H and O–H groups in total. The summed E-state index contributed by atoms with van der Waals surface area (Å²) >= 11 is 0. The zero-order chi connectivity index (χ0) is 18.7. The Morgan fingerprint density at radius 2 is 1.58 bits per heavy atom. The van der Waals surface area contributed by atoms with Gasteiger partial charge >= 0.3 is 0 Å². The van der Waals surface area contributed by atoms with E-state index in [9.17, 15) is 4.79 Å². The minimum atomic E-state index is 0.0860. The molecule has 5 heteroatoms. The lowest BCUT2D eigenvalue weighted by Gasteiger charge is -2.36. The van der Waals surface area contributed by atoms with Gasteiger partial charge in [-0.3, -0.25) is 9.78 Å². The fraction of sp³-hybridized carbons (Fsp3) is 0.429. The second-order valence-electron chi connectivity index (χ2n) is 7.08. The molecule has 1 aliphatic rings. The first-order valence-electron chi connectivity index (χ1n) is 9.18. The van der Waals surface area contributed by atoms with Gasteiger partial charge in [-0.05, 0) is 64.1 Å². The highest BCUT2D eigenvalue weighted by Crippen LogP contribution is 2.20. The molecular weight excluding hydrogens is 326 g/mol. The van der Waals surface area contributed by atoms with Gasteiger partial charge in [0.1, 0.15) is 5.75 Å². The summed E-state index contributed by atoms with van der Waals surface area (Å²) < 4.78 is 5.64. The van der Waals surface area contributed by atoms with Gasteiger partial charge in [-0.2, -0.15) is 0 Å². The maximum atomic E-state index is 12.7. The van der Waals surface area contributed by atoms with Gasteiger partial charge < -0.3 is 14.5 Å². The highest BCUT2D eigenvalue weighted by atomic mass is 16.5. The van der Waals surface area contributed by atoms with Gasteiger partial charge in [0.2, 0.25) is 0 Å². The zero-order valence-corrected chi connectivity index (χ0v) is 16.0. The van der Waals surface area contributed by atoms with Crippen LogP contribution < -0.4 is 9.64 Å². The summed E-state index contributed by atoms with van der Waals surface area (Å²) in [6, 6.07) is 11.7. The number of carbonyl (C=O) groups is 1. The molecule has 0 atom stereocenters. The fourth-order valence-electron chi connectivity index (χ4n) is 3.29. The molecule has 1 aromatic heterocycles. The van der Waals surface area contributed by atoms with Gasteiger partial charge in [-0.25, -0.2) is 0 Å². The summed E-state index contributed by atoms with van der Waals surface area (Å²) in [5.74, 6) is 0.882. The molecule has 1 fully saturated rings. The molecule has 26 heavy (non-hydrogen) atoms. The summed E-state index contributed by atoms with van der Waals surface area (Å²) in [5.41, 5.74) is 3.96. The van der Waals surface area contributed by atoms with Crippen molar-refractivity contribution in [2.24, 2.45) is 0 Å². The highest BCUT2D eigenvalue weighted by molar-refractivity contribution is 5.94. The lowest BCUT2D eigenvalue weighted by Crippen LogP contribution is -2.48. The average Bonchev–Trinajstić information content (AvgIpc) is 2.60. The predicted octanol–water partition coefficient (Wildman–Crippen LogP) is 3.45. The van der Waals surface area contributed by atoms with Crippen LogP contribution >= 0.6 is 0 Å².